The van der Waals surface area contributed by atoms with Crippen molar-refractivity contribution >= 4 is 17.2 Å². The third-order valence-electron chi connectivity index (χ3n) is 3.83. The summed E-state index contributed by atoms with van der Waals surface area (Å²) in [5.41, 5.74) is 2.89. The van der Waals surface area contributed by atoms with Crippen LogP contribution in [0.4, 0.5) is 0 Å². The number of fused-ring (bicyclic) bond motifs is 1. The second-order valence-electron chi connectivity index (χ2n) is 5.49. The molecule has 118 valence electrons. The molecule has 1 aliphatic heterocycles. The van der Waals surface area contributed by atoms with Crippen LogP contribution in [0.3, 0.4) is 0 Å². The molecule has 3 N–H and O–H groups in total. The van der Waals surface area contributed by atoms with E-state index in [0.29, 0.717) is 6.54 Å². The summed E-state index contributed by atoms with van der Waals surface area (Å²) in [6, 6.07) is -0.363. The molecule has 0 radical (unpaired) electrons. The Hall–Kier alpha value is -1.73. The van der Waals surface area contributed by atoms with Gasteiger partial charge in [0.05, 0.1) is 29.3 Å². The third-order valence-corrected chi connectivity index (χ3v) is 5.05. The molecule has 1 aliphatic rings. The van der Waals surface area contributed by atoms with Gasteiger partial charge < -0.3 is 15.6 Å². The van der Waals surface area contributed by atoms with Gasteiger partial charge in [-0.2, -0.15) is 0 Å². The Morgan fingerprint density at radius 1 is 1.55 bits per heavy atom. The second-order valence-corrected chi connectivity index (χ2v) is 6.66. The summed E-state index contributed by atoms with van der Waals surface area (Å²) in [5, 5.41) is 7.39. The first kappa shape index (κ1) is 15.2. The fraction of sp³-hybridized carbons (Fsp3) is 0.533. The average molecular weight is 319 g/mol. The van der Waals surface area contributed by atoms with E-state index in [4.69, 9.17) is 0 Å². The molecule has 2 aromatic heterocycles. The summed E-state index contributed by atoms with van der Waals surface area (Å²) < 4.78 is 0. The molecule has 0 aromatic carbocycles. The first-order chi connectivity index (χ1) is 10.7. The number of carbonyl (C=O) groups is 1. The van der Waals surface area contributed by atoms with Gasteiger partial charge >= 0.3 is 0 Å². The van der Waals surface area contributed by atoms with Crippen LogP contribution in [-0.2, 0) is 24.2 Å². The molecule has 1 atom stereocenters. The number of thiazole rings is 1. The van der Waals surface area contributed by atoms with Gasteiger partial charge in [0, 0.05) is 23.5 Å². The van der Waals surface area contributed by atoms with Gasteiger partial charge in [-0.05, 0) is 19.8 Å². The molecule has 3 heterocycles. The number of hydrogen-bond donors (Lipinski definition) is 3. The van der Waals surface area contributed by atoms with Crippen molar-refractivity contribution in [1.29, 1.82) is 0 Å². The molecule has 0 bridgehead atoms. The minimum absolute atomic E-state index is 0.0297. The van der Waals surface area contributed by atoms with E-state index in [2.05, 4.69) is 32.5 Å². The average Bonchev–Trinajstić information content (AvgIpc) is 3.11. The number of H-pyrrole nitrogens is 1. The molecule has 0 saturated carbocycles. The highest BCUT2D eigenvalue weighted by Gasteiger charge is 2.28. The number of amides is 1. The summed E-state index contributed by atoms with van der Waals surface area (Å²) in [7, 11) is 0. The highest BCUT2D eigenvalue weighted by Crippen LogP contribution is 2.21. The maximum atomic E-state index is 12.4. The number of aryl methyl sites for hydroxylation is 2. The SMILES string of the molecule is CCCc1nc(C)c(CNC(=O)C2NCCc3[nH]cnc32)s1. The number of aromatic amines is 1. The number of nitrogens with one attached hydrogen (secondary N) is 3. The Morgan fingerprint density at radius 2 is 2.41 bits per heavy atom. The van der Waals surface area contributed by atoms with Gasteiger partial charge in [-0.25, -0.2) is 9.97 Å². The van der Waals surface area contributed by atoms with E-state index in [1.807, 2.05) is 6.92 Å². The number of aromatic nitrogens is 3. The number of hydrogen-bond acceptors (Lipinski definition) is 5. The summed E-state index contributed by atoms with van der Waals surface area (Å²) in [6.07, 6.45) is 4.63. The van der Waals surface area contributed by atoms with Crippen LogP contribution in [0.25, 0.3) is 0 Å². The fourth-order valence-corrected chi connectivity index (χ4v) is 3.79. The van der Waals surface area contributed by atoms with Crippen molar-refractivity contribution in [2.45, 2.75) is 45.7 Å². The fourth-order valence-electron chi connectivity index (χ4n) is 2.68. The zero-order valence-corrected chi connectivity index (χ0v) is 13.7. The number of imidazole rings is 1. The van der Waals surface area contributed by atoms with E-state index in [1.54, 1.807) is 17.7 Å². The van der Waals surface area contributed by atoms with Crippen molar-refractivity contribution in [1.82, 2.24) is 25.6 Å². The topological polar surface area (TPSA) is 82.7 Å². The van der Waals surface area contributed by atoms with Crippen LogP contribution in [0.2, 0.25) is 0 Å². The van der Waals surface area contributed by atoms with Crippen molar-refractivity contribution in [3.05, 3.63) is 33.3 Å². The van der Waals surface area contributed by atoms with E-state index in [0.717, 1.165) is 52.8 Å². The van der Waals surface area contributed by atoms with Gasteiger partial charge in [0.1, 0.15) is 6.04 Å². The molecule has 3 rings (SSSR count). The molecule has 0 saturated heterocycles. The predicted molar refractivity (Wildman–Crippen MR) is 85.7 cm³/mol. The molecule has 7 heteroatoms. The molecule has 22 heavy (non-hydrogen) atoms. The lowest BCUT2D eigenvalue weighted by Gasteiger charge is -2.22. The Kier molecular flexibility index (Phi) is 4.54. The van der Waals surface area contributed by atoms with Gasteiger partial charge in [-0.1, -0.05) is 6.92 Å². The van der Waals surface area contributed by atoms with Crippen LogP contribution >= 0.6 is 11.3 Å². The maximum Gasteiger partial charge on any atom is 0.243 e. The second kappa shape index (κ2) is 6.58. The quantitative estimate of drug-likeness (QED) is 0.782. The Bertz CT molecular complexity index is 663. The van der Waals surface area contributed by atoms with Gasteiger partial charge in [0.15, 0.2) is 0 Å². The zero-order chi connectivity index (χ0) is 15.5. The molecule has 1 amide bonds. The summed E-state index contributed by atoms with van der Waals surface area (Å²) in [6.45, 7) is 5.47. The minimum atomic E-state index is -0.363. The van der Waals surface area contributed by atoms with Gasteiger partial charge in [-0.15, -0.1) is 11.3 Å². The van der Waals surface area contributed by atoms with Crippen LogP contribution in [-0.4, -0.2) is 27.4 Å². The highest BCUT2D eigenvalue weighted by atomic mass is 32.1. The number of nitrogens with zero attached hydrogens (tertiary/aromatic N) is 2. The molecular formula is C15H21N5OS. The standard InChI is InChI=1S/C15H21N5OS/c1-3-4-12-20-9(2)11(22-12)7-17-15(21)14-13-10(5-6-16-14)18-8-19-13/h8,14,16H,3-7H2,1-2H3,(H,17,21)(H,18,19). The van der Waals surface area contributed by atoms with Gasteiger partial charge in [0.2, 0.25) is 5.91 Å². The lowest BCUT2D eigenvalue weighted by Crippen LogP contribution is -2.41. The van der Waals surface area contributed by atoms with Crippen LogP contribution in [0.5, 0.6) is 0 Å². The monoisotopic (exact) mass is 319 g/mol. The van der Waals surface area contributed by atoms with Gasteiger partial charge in [0.25, 0.3) is 0 Å². The first-order valence-corrected chi connectivity index (χ1v) is 8.49. The minimum Gasteiger partial charge on any atom is -0.349 e. The van der Waals surface area contributed by atoms with E-state index in [9.17, 15) is 4.79 Å². The molecule has 0 aliphatic carbocycles. The summed E-state index contributed by atoms with van der Waals surface area (Å²) in [5.74, 6) is -0.0297. The predicted octanol–water partition coefficient (Wildman–Crippen LogP) is 1.63. The molecule has 6 nitrogen and oxygen atoms in total. The smallest absolute Gasteiger partial charge is 0.243 e. The molecule has 0 fully saturated rings. The maximum absolute atomic E-state index is 12.4. The van der Waals surface area contributed by atoms with Crippen molar-refractivity contribution < 1.29 is 4.79 Å². The van der Waals surface area contributed by atoms with E-state index >= 15 is 0 Å². The van der Waals surface area contributed by atoms with Crippen LogP contribution < -0.4 is 10.6 Å². The zero-order valence-electron chi connectivity index (χ0n) is 12.9. The Morgan fingerprint density at radius 3 is 3.23 bits per heavy atom. The highest BCUT2D eigenvalue weighted by molar-refractivity contribution is 7.11. The summed E-state index contributed by atoms with van der Waals surface area (Å²) >= 11 is 1.69. The Labute approximate surface area is 133 Å². The van der Waals surface area contributed by atoms with Gasteiger partial charge in [-0.3, -0.25) is 4.79 Å². The normalized spacial score (nSPS) is 17.3. The molecule has 1 unspecified atom stereocenters. The molecule has 0 spiro atoms. The van der Waals surface area contributed by atoms with Crippen LogP contribution in [0.1, 0.15) is 46.4 Å². The third kappa shape index (κ3) is 3.05. The van der Waals surface area contributed by atoms with E-state index < -0.39 is 0 Å². The Balaban J connectivity index is 1.64. The van der Waals surface area contributed by atoms with Crippen molar-refractivity contribution in [3.63, 3.8) is 0 Å². The van der Waals surface area contributed by atoms with Crippen LogP contribution in [0, 0.1) is 6.92 Å². The molecule has 2 aromatic rings. The summed E-state index contributed by atoms with van der Waals surface area (Å²) in [4.78, 5) is 25.5. The van der Waals surface area contributed by atoms with E-state index in [1.165, 1.54) is 0 Å². The van der Waals surface area contributed by atoms with Crippen molar-refractivity contribution in [3.8, 4) is 0 Å². The lowest BCUT2D eigenvalue weighted by atomic mass is 10.1. The van der Waals surface area contributed by atoms with E-state index in [-0.39, 0.29) is 11.9 Å². The number of carbonyl (C=O) groups excluding carboxylic acids is 1. The van der Waals surface area contributed by atoms with Crippen molar-refractivity contribution in [2.24, 2.45) is 0 Å². The molecular weight excluding hydrogens is 298 g/mol. The number of rotatable bonds is 5. The first-order valence-electron chi connectivity index (χ1n) is 7.67. The van der Waals surface area contributed by atoms with Crippen LogP contribution in [0.15, 0.2) is 6.33 Å². The van der Waals surface area contributed by atoms with Crippen molar-refractivity contribution in [2.75, 3.05) is 6.54 Å². The lowest BCUT2D eigenvalue weighted by molar-refractivity contribution is -0.123. The largest absolute Gasteiger partial charge is 0.349 e.